The van der Waals surface area contributed by atoms with Crippen LogP contribution in [0.3, 0.4) is 0 Å². The van der Waals surface area contributed by atoms with E-state index >= 15 is 0 Å². The predicted octanol–water partition coefficient (Wildman–Crippen LogP) is 2.25. The fourth-order valence-electron chi connectivity index (χ4n) is 2.86. The monoisotopic (exact) mass is 346 g/mol. The van der Waals surface area contributed by atoms with E-state index in [0.717, 1.165) is 19.6 Å². The first-order valence-electron chi connectivity index (χ1n) is 8.63. The van der Waals surface area contributed by atoms with Gasteiger partial charge in [0, 0.05) is 26.2 Å². The number of anilines is 2. The zero-order valence-corrected chi connectivity index (χ0v) is 14.3. The van der Waals surface area contributed by atoms with E-state index in [1.54, 1.807) is 23.1 Å². The van der Waals surface area contributed by atoms with Gasteiger partial charge in [0.05, 0.1) is 5.69 Å². The maximum absolute atomic E-state index is 13.8. The van der Waals surface area contributed by atoms with Gasteiger partial charge >= 0.3 is 0 Å². The number of hydrogen-bond donors (Lipinski definition) is 2. The molecule has 1 saturated heterocycles. The number of hydrogen-bond acceptors (Lipinski definition) is 5. The predicted molar refractivity (Wildman–Crippen MR) is 93.3 cm³/mol. The van der Waals surface area contributed by atoms with Gasteiger partial charge in [0.15, 0.2) is 11.5 Å². The molecule has 2 heterocycles. The summed E-state index contributed by atoms with van der Waals surface area (Å²) >= 11 is 0. The average molecular weight is 346 g/mol. The molecule has 0 saturated carbocycles. The number of aromatic nitrogens is 3. The van der Waals surface area contributed by atoms with E-state index in [4.69, 9.17) is 0 Å². The lowest BCUT2D eigenvalue weighted by molar-refractivity contribution is 0.0631. The van der Waals surface area contributed by atoms with Crippen molar-refractivity contribution in [2.45, 2.75) is 19.8 Å². The Morgan fingerprint density at radius 1 is 1.24 bits per heavy atom. The maximum Gasteiger partial charge on any atom is 0.278 e. The molecule has 134 valence electrons. The first-order valence-corrected chi connectivity index (χ1v) is 8.63. The van der Waals surface area contributed by atoms with Gasteiger partial charge < -0.3 is 10.2 Å². The summed E-state index contributed by atoms with van der Waals surface area (Å²) in [6.07, 6.45) is 2.34. The molecule has 0 aliphatic carbocycles. The van der Waals surface area contributed by atoms with E-state index in [9.17, 15) is 9.18 Å². The maximum atomic E-state index is 13.8. The van der Waals surface area contributed by atoms with Gasteiger partial charge in [0.2, 0.25) is 0 Å². The topological polar surface area (TPSA) is 77.2 Å². The highest BCUT2D eigenvalue weighted by Gasteiger charge is 2.26. The van der Waals surface area contributed by atoms with Crippen LogP contribution in [-0.4, -0.2) is 63.8 Å². The molecule has 1 aromatic carbocycles. The number of carbonyl (C=O) groups excluding carboxylic acids is 1. The molecule has 0 radical (unpaired) electrons. The minimum absolute atomic E-state index is 0.185. The molecule has 1 amide bonds. The minimum atomic E-state index is -0.409. The Labute approximate surface area is 146 Å². The van der Waals surface area contributed by atoms with Crippen LogP contribution in [0.15, 0.2) is 24.3 Å². The van der Waals surface area contributed by atoms with Gasteiger partial charge in [-0.25, -0.2) is 4.39 Å². The number of carbonyl (C=O) groups is 1. The van der Waals surface area contributed by atoms with Crippen molar-refractivity contribution in [1.82, 2.24) is 25.2 Å². The smallest absolute Gasteiger partial charge is 0.278 e. The molecule has 0 unspecified atom stereocenters. The molecule has 2 aromatic rings. The van der Waals surface area contributed by atoms with Crippen molar-refractivity contribution in [1.29, 1.82) is 0 Å². The number of H-pyrrole nitrogens is 1. The lowest BCUT2D eigenvalue weighted by Crippen LogP contribution is -2.49. The molecule has 1 aliphatic rings. The van der Waals surface area contributed by atoms with Crippen molar-refractivity contribution >= 4 is 17.4 Å². The number of unbranched alkanes of at least 4 members (excludes halogenated alkanes) is 1. The van der Waals surface area contributed by atoms with Gasteiger partial charge in [0.1, 0.15) is 5.82 Å². The number of rotatable bonds is 6. The molecular weight excluding hydrogens is 323 g/mol. The normalized spacial score (nSPS) is 15.4. The first-order chi connectivity index (χ1) is 12.2. The highest BCUT2D eigenvalue weighted by molar-refractivity contribution is 5.97. The molecule has 7 nitrogen and oxygen atoms in total. The van der Waals surface area contributed by atoms with Gasteiger partial charge in [-0.1, -0.05) is 25.5 Å². The molecule has 8 heteroatoms. The van der Waals surface area contributed by atoms with Crippen LogP contribution in [0.1, 0.15) is 30.3 Å². The SMILES string of the molecule is CCCCN1CCN(C(=O)c2n[nH]nc2Nc2ccccc2F)CC1. The van der Waals surface area contributed by atoms with Crippen LogP contribution in [0.5, 0.6) is 0 Å². The molecule has 25 heavy (non-hydrogen) atoms. The van der Waals surface area contributed by atoms with Crippen LogP contribution >= 0.6 is 0 Å². The average Bonchev–Trinajstić information content (AvgIpc) is 3.10. The number of piperazine rings is 1. The van der Waals surface area contributed by atoms with Crippen molar-refractivity contribution in [2.24, 2.45) is 0 Å². The van der Waals surface area contributed by atoms with Gasteiger partial charge in [-0.3, -0.25) is 9.69 Å². The first kappa shape index (κ1) is 17.3. The number of nitrogens with zero attached hydrogens (tertiary/aromatic N) is 4. The molecular formula is C17H23FN6O. The summed E-state index contributed by atoms with van der Waals surface area (Å²) in [7, 11) is 0. The van der Waals surface area contributed by atoms with Crippen molar-refractivity contribution in [2.75, 3.05) is 38.0 Å². The molecule has 0 bridgehead atoms. The van der Waals surface area contributed by atoms with Crippen LogP contribution in [0.25, 0.3) is 0 Å². The summed E-state index contributed by atoms with van der Waals surface area (Å²) in [5.41, 5.74) is 0.445. The fourth-order valence-corrected chi connectivity index (χ4v) is 2.86. The second kappa shape index (κ2) is 8.06. The van der Waals surface area contributed by atoms with E-state index in [1.807, 2.05) is 0 Å². The third kappa shape index (κ3) is 4.14. The summed E-state index contributed by atoms with van der Waals surface area (Å²) in [5, 5.41) is 13.2. The number of benzene rings is 1. The Morgan fingerprint density at radius 3 is 2.72 bits per heavy atom. The van der Waals surface area contributed by atoms with Gasteiger partial charge in [0.25, 0.3) is 5.91 Å². The van der Waals surface area contributed by atoms with E-state index in [2.05, 4.69) is 32.6 Å². The van der Waals surface area contributed by atoms with Crippen LogP contribution in [0.2, 0.25) is 0 Å². The van der Waals surface area contributed by atoms with Crippen molar-refractivity contribution in [3.63, 3.8) is 0 Å². The molecule has 3 rings (SSSR count). The summed E-state index contributed by atoms with van der Waals surface area (Å²) in [4.78, 5) is 16.9. The Morgan fingerprint density at radius 2 is 2.00 bits per heavy atom. The third-order valence-corrected chi connectivity index (χ3v) is 4.36. The highest BCUT2D eigenvalue weighted by atomic mass is 19.1. The zero-order chi connectivity index (χ0) is 17.6. The van der Waals surface area contributed by atoms with Crippen LogP contribution in [0, 0.1) is 5.82 Å². The van der Waals surface area contributed by atoms with Crippen molar-refractivity contribution in [3.05, 3.63) is 35.8 Å². The van der Waals surface area contributed by atoms with E-state index in [0.29, 0.717) is 13.1 Å². The van der Waals surface area contributed by atoms with Crippen LogP contribution < -0.4 is 5.32 Å². The minimum Gasteiger partial charge on any atom is -0.335 e. The number of para-hydroxylation sites is 1. The van der Waals surface area contributed by atoms with E-state index in [1.165, 1.54) is 18.9 Å². The molecule has 0 atom stereocenters. The van der Waals surface area contributed by atoms with E-state index < -0.39 is 5.82 Å². The number of amides is 1. The lowest BCUT2D eigenvalue weighted by atomic mass is 10.2. The largest absolute Gasteiger partial charge is 0.335 e. The third-order valence-electron chi connectivity index (χ3n) is 4.36. The standard InChI is InChI=1S/C17H23FN6O/c1-2-3-8-23-9-11-24(12-10-23)17(25)15-16(21-22-20-15)19-14-7-5-4-6-13(14)18/h4-7H,2-3,8-12H2,1H3,(H2,19,20,21,22). The molecule has 1 aromatic heterocycles. The lowest BCUT2D eigenvalue weighted by Gasteiger charge is -2.34. The molecule has 1 aliphatic heterocycles. The fraction of sp³-hybridized carbons (Fsp3) is 0.471. The zero-order valence-electron chi connectivity index (χ0n) is 14.3. The summed E-state index contributed by atoms with van der Waals surface area (Å²) in [6.45, 7) is 6.29. The highest BCUT2D eigenvalue weighted by Crippen LogP contribution is 2.21. The Kier molecular flexibility index (Phi) is 5.60. The summed E-state index contributed by atoms with van der Waals surface area (Å²) < 4.78 is 13.8. The van der Waals surface area contributed by atoms with Gasteiger partial charge in [-0.15, -0.1) is 10.2 Å². The Bertz CT molecular complexity index is 711. The van der Waals surface area contributed by atoms with Gasteiger partial charge in [-0.05, 0) is 25.1 Å². The van der Waals surface area contributed by atoms with E-state index in [-0.39, 0.29) is 23.1 Å². The number of aromatic amines is 1. The van der Waals surface area contributed by atoms with Crippen LogP contribution in [-0.2, 0) is 0 Å². The Hall–Kier alpha value is -2.48. The molecule has 1 fully saturated rings. The second-order valence-electron chi connectivity index (χ2n) is 6.11. The number of nitrogens with one attached hydrogen (secondary N) is 2. The van der Waals surface area contributed by atoms with Crippen molar-refractivity contribution in [3.8, 4) is 0 Å². The van der Waals surface area contributed by atoms with Crippen LogP contribution in [0.4, 0.5) is 15.9 Å². The number of halogens is 1. The second-order valence-corrected chi connectivity index (χ2v) is 6.11. The Balaban J connectivity index is 1.64. The quantitative estimate of drug-likeness (QED) is 0.839. The molecule has 0 spiro atoms. The summed E-state index contributed by atoms with van der Waals surface area (Å²) in [5.74, 6) is -0.361. The van der Waals surface area contributed by atoms with Crippen molar-refractivity contribution < 1.29 is 9.18 Å². The molecule has 2 N–H and O–H groups in total. The summed E-state index contributed by atoms with van der Waals surface area (Å²) in [6, 6.07) is 6.25. The van der Waals surface area contributed by atoms with Gasteiger partial charge in [-0.2, -0.15) is 5.21 Å².